The molecule has 0 bridgehead atoms. The first kappa shape index (κ1) is 12.9. The maximum Gasteiger partial charge on any atom is 0.172 e. The van der Waals surface area contributed by atoms with Crippen LogP contribution in [0.5, 0.6) is 11.5 Å². The van der Waals surface area contributed by atoms with E-state index in [1.54, 1.807) is 13.8 Å². The van der Waals surface area contributed by atoms with Crippen LogP contribution in [0.4, 0.5) is 0 Å². The number of phenols is 2. The van der Waals surface area contributed by atoms with Crippen molar-refractivity contribution in [3.8, 4) is 11.5 Å². The summed E-state index contributed by atoms with van der Waals surface area (Å²) in [6.45, 7) is 4.28. The number of aryl methyl sites for hydroxylation is 1. The van der Waals surface area contributed by atoms with E-state index in [0.29, 0.717) is 18.8 Å². The predicted molar refractivity (Wildman–Crippen MR) is 63.8 cm³/mol. The molecule has 18 heavy (non-hydrogen) atoms. The smallest absolute Gasteiger partial charge is 0.172 e. The molecular weight excluding hydrogens is 236 g/mol. The van der Waals surface area contributed by atoms with Crippen molar-refractivity contribution in [2.45, 2.75) is 26.1 Å². The van der Waals surface area contributed by atoms with Crippen molar-refractivity contribution in [2.24, 2.45) is 0 Å². The van der Waals surface area contributed by atoms with E-state index in [1.807, 2.05) is 0 Å². The highest BCUT2D eigenvalue weighted by Crippen LogP contribution is 2.31. The van der Waals surface area contributed by atoms with Gasteiger partial charge in [-0.3, -0.25) is 4.79 Å². The van der Waals surface area contributed by atoms with E-state index in [2.05, 4.69) is 0 Å². The molecule has 0 amide bonds. The van der Waals surface area contributed by atoms with E-state index >= 15 is 0 Å². The molecule has 0 spiro atoms. The van der Waals surface area contributed by atoms with Crippen LogP contribution in [0.3, 0.4) is 0 Å². The van der Waals surface area contributed by atoms with Gasteiger partial charge in [0, 0.05) is 6.07 Å². The Hall–Kier alpha value is -1.59. The lowest BCUT2D eigenvalue weighted by molar-refractivity contribution is -0.138. The van der Waals surface area contributed by atoms with Gasteiger partial charge in [0.2, 0.25) is 0 Å². The number of ketones is 1. The Bertz CT molecular complexity index is 451. The van der Waals surface area contributed by atoms with E-state index in [1.165, 1.54) is 6.07 Å². The summed E-state index contributed by atoms with van der Waals surface area (Å²) in [7, 11) is 0. The number of carbonyl (C=O) groups is 1. The van der Waals surface area contributed by atoms with Gasteiger partial charge in [0.1, 0.15) is 11.5 Å². The SMILES string of the molecule is Cc1cc(O)cc(O)c1C(=O)CC1(C)OCCO1. The molecule has 0 aromatic heterocycles. The minimum atomic E-state index is -0.923. The van der Waals surface area contributed by atoms with Gasteiger partial charge in [-0.2, -0.15) is 0 Å². The second-order valence-electron chi connectivity index (χ2n) is 4.59. The molecule has 0 radical (unpaired) electrons. The second-order valence-corrected chi connectivity index (χ2v) is 4.59. The van der Waals surface area contributed by atoms with E-state index in [-0.39, 0.29) is 29.3 Å². The van der Waals surface area contributed by atoms with Crippen LogP contribution in [0.15, 0.2) is 12.1 Å². The van der Waals surface area contributed by atoms with Crippen molar-refractivity contribution in [2.75, 3.05) is 13.2 Å². The number of carbonyl (C=O) groups excluding carboxylic acids is 1. The molecular formula is C13H16O5. The Morgan fingerprint density at radius 3 is 2.50 bits per heavy atom. The zero-order valence-corrected chi connectivity index (χ0v) is 10.4. The summed E-state index contributed by atoms with van der Waals surface area (Å²) < 4.78 is 10.7. The molecule has 98 valence electrons. The van der Waals surface area contributed by atoms with Crippen LogP contribution in [-0.2, 0) is 9.47 Å². The molecule has 0 atom stereocenters. The Morgan fingerprint density at radius 2 is 1.94 bits per heavy atom. The second kappa shape index (κ2) is 4.59. The first-order valence-electron chi connectivity index (χ1n) is 5.75. The van der Waals surface area contributed by atoms with Crippen molar-refractivity contribution < 1.29 is 24.5 Å². The third-order valence-electron chi connectivity index (χ3n) is 2.96. The summed E-state index contributed by atoms with van der Waals surface area (Å²) >= 11 is 0. The van der Waals surface area contributed by atoms with E-state index in [0.717, 1.165) is 6.07 Å². The normalized spacial score (nSPS) is 17.9. The number of aromatic hydroxyl groups is 2. The molecule has 1 aliphatic rings. The van der Waals surface area contributed by atoms with Crippen LogP contribution >= 0.6 is 0 Å². The van der Waals surface area contributed by atoms with Crippen LogP contribution in [0.2, 0.25) is 0 Å². The molecule has 1 heterocycles. The van der Waals surface area contributed by atoms with E-state index in [4.69, 9.17) is 9.47 Å². The summed E-state index contributed by atoms with van der Waals surface area (Å²) in [6.07, 6.45) is 0.0339. The Labute approximate surface area is 105 Å². The van der Waals surface area contributed by atoms with Gasteiger partial charge in [-0.15, -0.1) is 0 Å². The van der Waals surface area contributed by atoms with Gasteiger partial charge in [-0.05, 0) is 25.5 Å². The molecule has 1 saturated heterocycles. The number of phenolic OH excluding ortho intramolecular Hbond substituents is 2. The maximum atomic E-state index is 12.2. The van der Waals surface area contributed by atoms with Crippen molar-refractivity contribution in [3.05, 3.63) is 23.3 Å². The molecule has 1 aromatic rings. The molecule has 1 aromatic carbocycles. The van der Waals surface area contributed by atoms with Gasteiger partial charge in [0.15, 0.2) is 11.6 Å². The number of Topliss-reactive ketones (excluding diaryl/α,β-unsaturated/α-hetero) is 1. The van der Waals surface area contributed by atoms with Crippen LogP contribution in [0.25, 0.3) is 0 Å². The average Bonchev–Trinajstić information content (AvgIpc) is 2.62. The highest BCUT2D eigenvalue weighted by Gasteiger charge is 2.34. The molecule has 2 rings (SSSR count). The number of hydrogen-bond donors (Lipinski definition) is 2. The van der Waals surface area contributed by atoms with Crippen LogP contribution in [-0.4, -0.2) is 35.0 Å². The van der Waals surface area contributed by atoms with Gasteiger partial charge in [0.25, 0.3) is 0 Å². The maximum absolute atomic E-state index is 12.2. The standard InChI is InChI=1S/C13H16O5/c1-8-5-9(14)6-10(15)12(8)11(16)7-13(2)17-3-4-18-13/h5-6,14-15H,3-4,7H2,1-2H3. The first-order valence-corrected chi connectivity index (χ1v) is 5.75. The molecule has 5 heteroatoms. The zero-order chi connectivity index (χ0) is 13.3. The highest BCUT2D eigenvalue weighted by atomic mass is 16.7. The molecule has 1 aliphatic heterocycles. The zero-order valence-electron chi connectivity index (χ0n) is 10.4. The van der Waals surface area contributed by atoms with Crippen molar-refractivity contribution in [1.82, 2.24) is 0 Å². The summed E-state index contributed by atoms with van der Waals surface area (Å²) in [5.74, 6) is -1.48. The molecule has 0 unspecified atom stereocenters. The summed E-state index contributed by atoms with van der Waals surface area (Å²) in [4.78, 5) is 12.2. The third kappa shape index (κ3) is 2.47. The molecule has 5 nitrogen and oxygen atoms in total. The fourth-order valence-electron chi connectivity index (χ4n) is 2.15. The van der Waals surface area contributed by atoms with Gasteiger partial charge >= 0.3 is 0 Å². The number of benzene rings is 1. The Kier molecular flexibility index (Phi) is 3.28. The van der Waals surface area contributed by atoms with Gasteiger partial charge < -0.3 is 19.7 Å². The minimum Gasteiger partial charge on any atom is -0.508 e. The third-order valence-corrected chi connectivity index (χ3v) is 2.96. The summed E-state index contributed by atoms with van der Waals surface area (Å²) in [6, 6.07) is 2.59. The lowest BCUT2D eigenvalue weighted by atomic mass is 9.98. The summed E-state index contributed by atoms with van der Waals surface area (Å²) in [5, 5.41) is 19.1. The lowest BCUT2D eigenvalue weighted by Gasteiger charge is -2.21. The minimum absolute atomic E-state index is 0.0339. The monoisotopic (exact) mass is 252 g/mol. The number of ether oxygens (including phenoxy) is 2. The summed E-state index contributed by atoms with van der Waals surface area (Å²) in [5.41, 5.74) is 0.729. The van der Waals surface area contributed by atoms with Crippen LogP contribution < -0.4 is 0 Å². The largest absolute Gasteiger partial charge is 0.508 e. The molecule has 0 saturated carbocycles. The lowest BCUT2D eigenvalue weighted by Crippen LogP contribution is -2.29. The van der Waals surface area contributed by atoms with Crippen molar-refractivity contribution >= 4 is 5.78 Å². The number of hydrogen-bond acceptors (Lipinski definition) is 5. The topological polar surface area (TPSA) is 76.0 Å². The Morgan fingerprint density at radius 1 is 1.33 bits per heavy atom. The first-order chi connectivity index (χ1) is 8.41. The molecule has 1 fully saturated rings. The average molecular weight is 252 g/mol. The quantitative estimate of drug-likeness (QED) is 0.801. The molecule has 2 N–H and O–H groups in total. The predicted octanol–water partition coefficient (Wildman–Crippen LogP) is 1.74. The highest BCUT2D eigenvalue weighted by molar-refractivity contribution is 6.00. The van der Waals surface area contributed by atoms with Crippen LogP contribution in [0.1, 0.15) is 29.3 Å². The van der Waals surface area contributed by atoms with Gasteiger partial charge in [-0.25, -0.2) is 0 Å². The Balaban J connectivity index is 2.24. The number of rotatable bonds is 3. The van der Waals surface area contributed by atoms with E-state index < -0.39 is 5.79 Å². The molecule has 0 aliphatic carbocycles. The fourth-order valence-corrected chi connectivity index (χ4v) is 2.15. The van der Waals surface area contributed by atoms with Crippen molar-refractivity contribution in [3.63, 3.8) is 0 Å². The van der Waals surface area contributed by atoms with Gasteiger partial charge in [0.05, 0.1) is 25.2 Å². The van der Waals surface area contributed by atoms with Crippen LogP contribution in [0, 0.1) is 6.92 Å². The fraction of sp³-hybridized carbons (Fsp3) is 0.462. The van der Waals surface area contributed by atoms with Gasteiger partial charge in [-0.1, -0.05) is 0 Å². The van der Waals surface area contributed by atoms with E-state index in [9.17, 15) is 15.0 Å². The van der Waals surface area contributed by atoms with Crippen molar-refractivity contribution in [1.29, 1.82) is 0 Å².